The van der Waals surface area contributed by atoms with Crippen molar-refractivity contribution in [1.82, 2.24) is 0 Å². The van der Waals surface area contributed by atoms with Crippen molar-refractivity contribution in [2.75, 3.05) is 6.26 Å². The lowest BCUT2D eigenvalue weighted by atomic mass is 9.82. The molecule has 1 aliphatic rings. The molecule has 1 aromatic rings. The zero-order chi connectivity index (χ0) is 12.3. The molecule has 0 unspecified atom stereocenters. The highest BCUT2D eigenvalue weighted by Gasteiger charge is 2.25. The van der Waals surface area contributed by atoms with Gasteiger partial charge in [0.25, 0.3) is 0 Å². The Morgan fingerprint density at radius 2 is 1.76 bits per heavy atom. The molecule has 0 amide bonds. The summed E-state index contributed by atoms with van der Waals surface area (Å²) in [5.41, 5.74) is 0.809. The van der Waals surface area contributed by atoms with Gasteiger partial charge in [0.15, 0.2) is 5.78 Å². The van der Waals surface area contributed by atoms with Crippen LogP contribution >= 0.6 is 11.8 Å². The highest BCUT2D eigenvalue weighted by molar-refractivity contribution is 7.98. The fourth-order valence-corrected chi connectivity index (χ4v) is 2.74. The quantitative estimate of drug-likeness (QED) is 0.661. The lowest BCUT2D eigenvalue weighted by molar-refractivity contribution is 0.0764. The topological polar surface area (TPSA) is 37.3 Å². The van der Waals surface area contributed by atoms with Crippen molar-refractivity contribution in [1.29, 1.82) is 0 Å². The Hall–Kier alpha value is -0.800. The second kappa shape index (κ2) is 5.69. The third-order valence-electron chi connectivity index (χ3n) is 3.44. The zero-order valence-corrected chi connectivity index (χ0v) is 10.9. The Balaban J connectivity index is 2.03. The first kappa shape index (κ1) is 12.7. The molecule has 0 radical (unpaired) electrons. The van der Waals surface area contributed by atoms with Gasteiger partial charge in [-0.25, -0.2) is 0 Å². The summed E-state index contributed by atoms with van der Waals surface area (Å²) < 4.78 is 0. The van der Waals surface area contributed by atoms with Crippen LogP contribution in [0.15, 0.2) is 29.2 Å². The van der Waals surface area contributed by atoms with Crippen LogP contribution in [0.2, 0.25) is 0 Å². The van der Waals surface area contributed by atoms with Gasteiger partial charge in [0.05, 0.1) is 6.10 Å². The van der Waals surface area contributed by atoms with Gasteiger partial charge in [0.2, 0.25) is 0 Å². The fourth-order valence-electron chi connectivity index (χ4n) is 2.33. The van der Waals surface area contributed by atoms with Crippen LogP contribution in [0.1, 0.15) is 36.0 Å². The molecule has 0 spiro atoms. The van der Waals surface area contributed by atoms with E-state index in [-0.39, 0.29) is 17.8 Å². The van der Waals surface area contributed by atoms with Crippen molar-refractivity contribution in [2.24, 2.45) is 5.92 Å². The van der Waals surface area contributed by atoms with E-state index in [1.807, 2.05) is 30.5 Å². The van der Waals surface area contributed by atoms with E-state index in [0.717, 1.165) is 31.2 Å². The molecule has 1 N–H and O–H groups in total. The van der Waals surface area contributed by atoms with E-state index >= 15 is 0 Å². The molecule has 17 heavy (non-hydrogen) atoms. The lowest BCUT2D eigenvalue weighted by Gasteiger charge is -2.24. The summed E-state index contributed by atoms with van der Waals surface area (Å²) in [6, 6.07) is 7.82. The van der Waals surface area contributed by atoms with Crippen molar-refractivity contribution >= 4 is 17.5 Å². The minimum absolute atomic E-state index is 0.110. The standard InChI is InChI=1S/C14H18O2S/c1-17-13-8-4-11(5-9-13)14(16)10-2-6-12(15)7-3-10/h4-5,8-10,12,15H,2-3,6-7H2,1H3. The number of Topliss-reactive ketones (excluding diaryl/α,β-unsaturated/α-hetero) is 1. The van der Waals surface area contributed by atoms with Crippen molar-refractivity contribution in [2.45, 2.75) is 36.7 Å². The molecule has 1 aromatic carbocycles. The summed E-state index contributed by atoms with van der Waals surface area (Å²) in [6.45, 7) is 0. The number of aliphatic hydroxyl groups excluding tert-OH is 1. The minimum atomic E-state index is -0.196. The van der Waals surface area contributed by atoms with Gasteiger partial charge in [-0.1, -0.05) is 12.1 Å². The van der Waals surface area contributed by atoms with Gasteiger partial charge >= 0.3 is 0 Å². The molecule has 1 aliphatic carbocycles. The van der Waals surface area contributed by atoms with Crippen LogP contribution < -0.4 is 0 Å². The highest BCUT2D eigenvalue weighted by atomic mass is 32.2. The van der Waals surface area contributed by atoms with Crippen LogP contribution in [0.4, 0.5) is 0 Å². The second-order valence-electron chi connectivity index (χ2n) is 4.60. The molecule has 92 valence electrons. The summed E-state index contributed by atoms with van der Waals surface area (Å²) in [4.78, 5) is 13.4. The molecule has 0 bridgehead atoms. The number of thioether (sulfide) groups is 1. The predicted octanol–water partition coefficient (Wildman–Crippen LogP) is 3.14. The summed E-state index contributed by atoms with van der Waals surface area (Å²) in [6.07, 6.45) is 5.00. The van der Waals surface area contributed by atoms with Gasteiger partial charge in [-0.2, -0.15) is 0 Å². The summed E-state index contributed by atoms with van der Waals surface area (Å²) in [5.74, 6) is 0.350. The Labute approximate surface area is 106 Å². The number of hydrogen-bond donors (Lipinski definition) is 1. The molecular weight excluding hydrogens is 232 g/mol. The van der Waals surface area contributed by atoms with E-state index in [2.05, 4.69) is 0 Å². The maximum absolute atomic E-state index is 12.2. The molecule has 1 fully saturated rings. The van der Waals surface area contributed by atoms with Gasteiger partial charge in [-0.15, -0.1) is 11.8 Å². The summed E-state index contributed by atoms with van der Waals surface area (Å²) in [5, 5.41) is 9.43. The van der Waals surface area contributed by atoms with Crippen molar-refractivity contribution < 1.29 is 9.90 Å². The molecule has 3 heteroatoms. The van der Waals surface area contributed by atoms with Crippen LogP contribution in [0.25, 0.3) is 0 Å². The molecule has 0 heterocycles. The highest BCUT2D eigenvalue weighted by Crippen LogP contribution is 2.27. The van der Waals surface area contributed by atoms with Crippen LogP contribution in [0.3, 0.4) is 0 Å². The Kier molecular flexibility index (Phi) is 4.24. The first-order valence-corrected chi connectivity index (χ1v) is 7.29. The van der Waals surface area contributed by atoms with Crippen LogP contribution in [0.5, 0.6) is 0 Å². The van der Waals surface area contributed by atoms with Crippen LogP contribution in [-0.4, -0.2) is 23.2 Å². The van der Waals surface area contributed by atoms with Crippen LogP contribution in [0, 0.1) is 5.92 Å². The fraction of sp³-hybridized carbons (Fsp3) is 0.500. The minimum Gasteiger partial charge on any atom is -0.393 e. The van der Waals surface area contributed by atoms with E-state index in [0.29, 0.717) is 0 Å². The zero-order valence-electron chi connectivity index (χ0n) is 10.1. The largest absolute Gasteiger partial charge is 0.393 e. The number of ketones is 1. The van der Waals surface area contributed by atoms with Crippen molar-refractivity contribution in [3.63, 3.8) is 0 Å². The molecular formula is C14H18O2S. The van der Waals surface area contributed by atoms with Gasteiger partial charge in [0, 0.05) is 16.4 Å². The Morgan fingerprint density at radius 1 is 1.18 bits per heavy atom. The Morgan fingerprint density at radius 3 is 2.29 bits per heavy atom. The lowest BCUT2D eigenvalue weighted by Crippen LogP contribution is -2.24. The summed E-state index contributed by atoms with van der Waals surface area (Å²) in [7, 11) is 0. The van der Waals surface area contributed by atoms with E-state index in [9.17, 15) is 9.90 Å². The second-order valence-corrected chi connectivity index (χ2v) is 5.48. The first-order valence-electron chi connectivity index (χ1n) is 6.07. The SMILES string of the molecule is CSc1ccc(C(=O)C2CCC(O)CC2)cc1. The van der Waals surface area contributed by atoms with Gasteiger partial charge in [-0.3, -0.25) is 4.79 Å². The molecule has 1 saturated carbocycles. The molecule has 0 aromatic heterocycles. The van der Waals surface area contributed by atoms with Gasteiger partial charge in [0.1, 0.15) is 0 Å². The summed E-state index contributed by atoms with van der Waals surface area (Å²) >= 11 is 1.68. The van der Waals surface area contributed by atoms with Crippen LogP contribution in [-0.2, 0) is 0 Å². The number of rotatable bonds is 3. The monoisotopic (exact) mass is 250 g/mol. The third-order valence-corrected chi connectivity index (χ3v) is 4.19. The smallest absolute Gasteiger partial charge is 0.165 e. The normalized spacial score (nSPS) is 24.6. The van der Waals surface area contributed by atoms with E-state index < -0.39 is 0 Å². The molecule has 2 nitrogen and oxygen atoms in total. The van der Waals surface area contributed by atoms with Gasteiger partial charge in [-0.05, 0) is 44.1 Å². The average molecular weight is 250 g/mol. The number of carbonyl (C=O) groups excluding carboxylic acids is 1. The number of benzene rings is 1. The molecule has 0 aliphatic heterocycles. The van der Waals surface area contributed by atoms with Crippen molar-refractivity contribution in [3.05, 3.63) is 29.8 Å². The van der Waals surface area contributed by atoms with E-state index in [1.54, 1.807) is 11.8 Å². The maximum atomic E-state index is 12.2. The first-order chi connectivity index (χ1) is 8.20. The van der Waals surface area contributed by atoms with E-state index in [1.165, 1.54) is 4.90 Å². The third kappa shape index (κ3) is 3.11. The van der Waals surface area contributed by atoms with E-state index in [4.69, 9.17) is 0 Å². The maximum Gasteiger partial charge on any atom is 0.165 e. The number of carbonyl (C=O) groups is 1. The Bertz CT molecular complexity index is 378. The number of hydrogen-bond acceptors (Lipinski definition) is 3. The molecule has 2 rings (SSSR count). The molecule has 0 saturated heterocycles. The number of aliphatic hydroxyl groups is 1. The van der Waals surface area contributed by atoms with Crippen molar-refractivity contribution in [3.8, 4) is 0 Å². The van der Waals surface area contributed by atoms with Gasteiger partial charge < -0.3 is 5.11 Å². The average Bonchev–Trinajstić information content (AvgIpc) is 2.39. The molecule has 0 atom stereocenters. The predicted molar refractivity (Wildman–Crippen MR) is 70.5 cm³/mol.